The van der Waals surface area contributed by atoms with Crippen LogP contribution in [0.5, 0.6) is 5.75 Å². The van der Waals surface area contributed by atoms with Crippen molar-refractivity contribution in [2.75, 3.05) is 17.8 Å². The molecule has 0 saturated heterocycles. The van der Waals surface area contributed by atoms with E-state index in [1.165, 1.54) is 32.1 Å². The zero-order chi connectivity index (χ0) is 16.5. The van der Waals surface area contributed by atoms with Gasteiger partial charge in [0.25, 0.3) is 0 Å². The number of ether oxygens (including phenoxy) is 1. The number of hydrogen-bond acceptors (Lipinski definition) is 2. The lowest BCUT2D eigenvalue weighted by molar-refractivity contribution is -0.116. The molecule has 3 nitrogen and oxygen atoms in total. The molecule has 1 fully saturated rings. The van der Waals surface area contributed by atoms with Crippen LogP contribution in [0, 0.1) is 5.92 Å². The van der Waals surface area contributed by atoms with Crippen molar-refractivity contribution < 1.29 is 9.53 Å². The number of rotatable bonds is 8. The van der Waals surface area contributed by atoms with Crippen LogP contribution in [-0.4, -0.2) is 18.4 Å². The van der Waals surface area contributed by atoms with E-state index in [9.17, 15) is 4.79 Å². The molecule has 0 bridgehead atoms. The van der Waals surface area contributed by atoms with Crippen LogP contribution in [-0.2, 0) is 11.2 Å². The Morgan fingerprint density at radius 1 is 1.30 bits per heavy atom. The molecule has 1 N–H and O–H groups in total. The second-order valence-corrected chi connectivity index (χ2v) is 6.67. The van der Waals surface area contributed by atoms with E-state index in [1.807, 2.05) is 25.1 Å². The summed E-state index contributed by atoms with van der Waals surface area (Å²) in [5.74, 6) is 2.13. The van der Waals surface area contributed by atoms with Gasteiger partial charge in [0.05, 0.1) is 12.3 Å². The van der Waals surface area contributed by atoms with Crippen LogP contribution in [0.3, 0.4) is 0 Å². The van der Waals surface area contributed by atoms with Crippen molar-refractivity contribution in [1.29, 1.82) is 0 Å². The second-order valence-electron chi connectivity index (χ2n) is 6.29. The average Bonchev–Trinajstić information content (AvgIpc) is 2.57. The third-order valence-corrected chi connectivity index (χ3v) is 4.70. The molecule has 1 aliphatic rings. The first-order chi connectivity index (χ1) is 11.2. The highest BCUT2D eigenvalue weighted by molar-refractivity contribution is 6.18. The van der Waals surface area contributed by atoms with Crippen molar-refractivity contribution in [1.82, 2.24) is 0 Å². The smallest absolute Gasteiger partial charge is 0.224 e. The number of halogens is 1. The molecule has 0 heterocycles. The molecule has 23 heavy (non-hydrogen) atoms. The number of carbonyl (C=O) groups excluding carboxylic acids is 1. The molecule has 2 rings (SSSR count). The van der Waals surface area contributed by atoms with E-state index in [4.69, 9.17) is 16.3 Å². The summed E-state index contributed by atoms with van der Waals surface area (Å²) in [7, 11) is 0. The van der Waals surface area contributed by atoms with Crippen LogP contribution in [0.2, 0.25) is 0 Å². The molecule has 0 radical (unpaired) electrons. The fraction of sp³-hybridized carbons (Fsp3) is 0.632. The van der Waals surface area contributed by atoms with E-state index in [1.54, 1.807) is 0 Å². The monoisotopic (exact) mass is 337 g/mol. The molecule has 0 aromatic heterocycles. The first-order valence-electron chi connectivity index (χ1n) is 8.84. The van der Waals surface area contributed by atoms with Gasteiger partial charge in [-0.15, -0.1) is 11.6 Å². The molecule has 0 atom stereocenters. The average molecular weight is 338 g/mol. The summed E-state index contributed by atoms with van der Waals surface area (Å²) < 4.78 is 5.66. The predicted octanol–water partition coefficient (Wildman–Crippen LogP) is 5.17. The summed E-state index contributed by atoms with van der Waals surface area (Å²) in [6.45, 7) is 2.53. The maximum absolute atomic E-state index is 12.2. The van der Waals surface area contributed by atoms with Gasteiger partial charge in [-0.2, -0.15) is 0 Å². The fourth-order valence-electron chi connectivity index (χ4n) is 3.23. The van der Waals surface area contributed by atoms with E-state index in [2.05, 4.69) is 5.32 Å². The van der Waals surface area contributed by atoms with Gasteiger partial charge >= 0.3 is 0 Å². The van der Waals surface area contributed by atoms with Crippen molar-refractivity contribution in [3.8, 4) is 5.75 Å². The van der Waals surface area contributed by atoms with Gasteiger partial charge in [-0.3, -0.25) is 4.79 Å². The molecular weight excluding hydrogens is 310 g/mol. The van der Waals surface area contributed by atoms with E-state index < -0.39 is 0 Å². The lowest BCUT2D eigenvalue weighted by Crippen LogP contribution is -2.15. The van der Waals surface area contributed by atoms with Gasteiger partial charge in [0.15, 0.2) is 0 Å². The van der Waals surface area contributed by atoms with Crippen molar-refractivity contribution in [3.63, 3.8) is 0 Å². The van der Waals surface area contributed by atoms with Crippen LogP contribution in [0.4, 0.5) is 5.69 Å². The minimum atomic E-state index is 0.0848. The molecule has 1 aromatic carbocycles. The number of carbonyl (C=O) groups is 1. The Balaban J connectivity index is 1.90. The van der Waals surface area contributed by atoms with Gasteiger partial charge in [0.1, 0.15) is 5.75 Å². The Morgan fingerprint density at radius 2 is 2.09 bits per heavy atom. The predicted molar refractivity (Wildman–Crippen MR) is 96.5 cm³/mol. The largest absolute Gasteiger partial charge is 0.492 e. The number of benzene rings is 1. The van der Waals surface area contributed by atoms with Gasteiger partial charge in [-0.25, -0.2) is 0 Å². The molecule has 1 amide bonds. The summed E-state index contributed by atoms with van der Waals surface area (Å²) in [5.41, 5.74) is 1.89. The van der Waals surface area contributed by atoms with Gasteiger partial charge in [-0.05, 0) is 43.4 Å². The van der Waals surface area contributed by atoms with E-state index >= 15 is 0 Å². The highest BCUT2D eigenvalue weighted by atomic mass is 35.5. The Bertz CT molecular complexity index is 498. The minimum absolute atomic E-state index is 0.0848. The number of amides is 1. The van der Waals surface area contributed by atoms with Gasteiger partial charge in [0.2, 0.25) is 5.91 Å². The van der Waals surface area contributed by atoms with Crippen molar-refractivity contribution in [2.24, 2.45) is 5.92 Å². The van der Waals surface area contributed by atoms with Crippen LogP contribution in [0.25, 0.3) is 0 Å². The number of alkyl halides is 1. The third kappa shape index (κ3) is 6.06. The Hall–Kier alpha value is -1.22. The quantitative estimate of drug-likeness (QED) is 0.665. The molecule has 0 unspecified atom stereocenters. The SMILES string of the molecule is CCOc1cc(CCCl)ccc1NC(=O)CCC1CCCCC1. The summed E-state index contributed by atoms with van der Waals surface area (Å²) >= 11 is 5.79. The molecule has 1 aliphatic carbocycles. The van der Waals surface area contributed by atoms with Crippen LogP contribution >= 0.6 is 11.6 Å². The van der Waals surface area contributed by atoms with Crippen molar-refractivity contribution in [3.05, 3.63) is 23.8 Å². The van der Waals surface area contributed by atoms with Crippen LogP contribution in [0.1, 0.15) is 57.4 Å². The second kappa shape index (κ2) is 9.82. The van der Waals surface area contributed by atoms with Crippen LogP contribution < -0.4 is 10.1 Å². The van der Waals surface area contributed by atoms with E-state index in [-0.39, 0.29) is 5.91 Å². The molecule has 0 spiro atoms. The standard InChI is InChI=1S/C19H28ClNO2/c1-2-23-18-14-16(12-13-20)8-10-17(18)21-19(22)11-9-15-6-4-3-5-7-15/h8,10,14-15H,2-7,9,11-13H2,1H3,(H,21,22). The topological polar surface area (TPSA) is 38.3 Å². The molecule has 128 valence electrons. The lowest BCUT2D eigenvalue weighted by atomic mass is 9.86. The minimum Gasteiger partial charge on any atom is -0.492 e. The highest BCUT2D eigenvalue weighted by Crippen LogP contribution is 2.29. The summed E-state index contributed by atoms with van der Waals surface area (Å²) in [6, 6.07) is 5.90. The molecule has 0 aliphatic heterocycles. The number of aryl methyl sites for hydroxylation is 1. The number of anilines is 1. The maximum atomic E-state index is 12.2. The van der Waals surface area contributed by atoms with E-state index in [0.717, 1.165) is 35.8 Å². The first kappa shape index (κ1) is 18.1. The van der Waals surface area contributed by atoms with Gasteiger partial charge in [-0.1, -0.05) is 38.2 Å². The zero-order valence-electron chi connectivity index (χ0n) is 14.1. The normalized spacial score (nSPS) is 15.4. The maximum Gasteiger partial charge on any atom is 0.224 e. The Morgan fingerprint density at radius 3 is 2.78 bits per heavy atom. The van der Waals surface area contributed by atoms with Gasteiger partial charge in [0, 0.05) is 12.3 Å². The van der Waals surface area contributed by atoms with E-state index in [0.29, 0.717) is 18.9 Å². The molecule has 1 saturated carbocycles. The van der Waals surface area contributed by atoms with Crippen molar-refractivity contribution >= 4 is 23.2 Å². The zero-order valence-corrected chi connectivity index (χ0v) is 14.8. The summed E-state index contributed by atoms with van der Waals surface area (Å²) in [4.78, 5) is 12.2. The molecular formula is C19H28ClNO2. The summed E-state index contributed by atoms with van der Waals surface area (Å²) in [6.07, 6.45) is 8.97. The fourth-order valence-corrected chi connectivity index (χ4v) is 3.45. The third-order valence-electron chi connectivity index (χ3n) is 4.51. The Kier molecular flexibility index (Phi) is 7.73. The summed E-state index contributed by atoms with van der Waals surface area (Å²) in [5, 5.41) is 3.01. The van der Waals surface area contributed by atoms with Crippen molar-refractivity contribution in [2.45, 2.75) is 58.3 Å². The first-order valence-corrected chi connectivity index (χ1v) is 9.38. The van der Waals surface area contributed by atoms with Gasteiger partial charge < -0.3 is 10.1 Å². The lowest BCUT2D eigenvalue weighted by Gasteiger charge is -2.21. The van der Waals surface area contributed by atoms with Crippen LogP contribution in [0.15, 0.2) is 18.2 Å². The highest BCUT2D eigenvalue weighted by Gasteiger charge is 2.15. The molecule has 4 heteroatoms. The molecule has 1 aromatic rings. The Labute approximate surface area is 144 Å². The number of hydrogen-bond donors (Lipinski definition) is 1. The number of nitrogens with one attached hydrogen (secondary N) is 1.